The minimum atomic E-state index is -1.02. The molecule has 164 valence electrons. The molecule has 3 aromatic rings. The van der Waals surface area contributed by atoms with Gasteiger partial charge in [0.25, 0.3) is 0 Å². The van der Waals surface area contributed by atoms with Crippen LogP contribution in [0.2, 0.25) is 0 Å². The maximum atomic E-state index is 11.0. The average molecular weight is 431 g/mol. The number of aliphatic carboxylic acids is 1. The molecule has 0 saturated heterocycles. The van der Waals surface area contributed by atoms with E-state index in [1.54, 1.807) is 12.3 Å². The van der Waals surface area contributed by atoms with Gasteiger partial charge in [0, 0.05) is 36.6 Å². The third-order valence-corrected chi connectivity index (χ3v) is 5.30. The summed E-state index contributed by atoms with van der Waals surface area (Å²) in [4.78, 5) is 22.1. The molecule has 7 heteroatoms. The predicted octanol–water partition coefficient (Wildman–Crippen LogP) is 4.97. The summed E-state index contributed by atoms with van der Waals surface area (Å²) in [7, 11) is 1.99. The summed E-state index contributed by atoms with van der Waals surface area (Å²) in [5, 5.41) is 13.3. The van der Waals surface area contributed by atoms with Gasteiger partial charge in [-0.3, -0.25) is 0 Å². The van der Waals surface area contributed by atoms with Crippen LogP contribution in [-0.4, -0.2) is 39.6 Å². The first-order valence-corrected chi connectivity index (χ1v) is 10.5. The lowest BCUT2D eigenvalue weighted by atomic mass is 9.92. The van der Waals surface area contributed by atoms with Gasteiger partial charge < -0.3 is 20.1 Å². The van der Waals surface area contributed by atoms with E-state index in [2.05, 4.69) is 34.5 Å². The van der Waals surface area contributed by atoms with Crippen LogP contribution in [0.15, 0.2) is 61.1 Å². The number of hydrogen-bond acceptors (Lipinski definition) is 6. The summed E-state index contributed by atoms with van der Waals surface area (Å²) in [6.45, 7) is 3.79. The second kappa shape index (κ2) is 9.09. The number of anilines is 2. The molecule has 0 unspecified atom stereocenters. The molecule has 7 nitrogen and oxygen atoms in total. The number of nitrogens with zero attached hydrogens (tertiary/aromatic N) is 3. The Morgan fingerprint density at radius 3 is 2.94 bits per heavy atom. The number of carbonyl (C=O) groups is 1. The molecule has 0 fully saturated rings. The second-order valence-electron chi connectivity index (χ2n) is 8.08. The number of aromatic nitrogens is 2. The molecule has 2 aromatic carbocycles. The normalized spacial score (nSPS) is 15.9. The SMILES string of the molecule is Cc1ccc2nc(Nc3cc(OCC(=O)O)cc(C4=CN(C)C=CC[C@H]4C)c3)ncc2c1. The molecule has 0 aliphatic carbocycles. The summed E-state index contributed by atoms with van der Waals surface area (Å²) in [6, 6.07) is 11.7. The van der Waals surface area contributed by atoms with Crippen LogP contribution in [0.1, 0.15) is 24.5 Å². The number of ether oxygens (including phenoxy) is 1. The highest BCUT2D eigenvalue weighted by Gasteiger charge is 2.16. The van der Waals surface area contributed by atoms with Crippen molar-refractivity contribution in [3.63, 3.8) is 0 Å². The van der Waals surface area contributed by atoms with E-state index in [1.807, 2.05) is 55.4 Å². The van der Waals surface area contributed by atoms with E-state index in [-0.39, 0.29) is 0 Å². The Morgan fingerprint density at radius 2 is 2.12 bits per heavy atom. The monoisotopic (exact) mass is 430 g/mol. The van der Waals surface area contributed by atoms with Crippen LogP contribution in [0.4, 0.5) is 11.6 Å². The number of fused-ring (bicyclic) bond motifs is 1. The van der Waals surface area contributed by atoms with Crippen molar-refractivity contribution in [1.82, 2.24) is 14.9 Å². The largest absolute Gasteiger partial charge is 0.482 e. The molecule has 0 amide bonds. The van der Waals surface area contributed by atoms with Gasteiger partial charge in [0.05, 0.1) is 5.52 Å². The van der Waals surface area contributed by atoms with Crippen molar-refractivity contribution in [2.75, 3.05) is 19.0 Å². The number of hydrogen-bond donors (Lipinski definition) is 2. The van der Waals surface area contributed by atoms with Gasteiger partial charge in [0.2, 0.25) is 5.95 Å². The molecule has 0 spiro atoms. The van der Waals surface area contributed by atoms with Gasteiger partial charge in [-0.05, 0) is 60.9 Å². The summed E-state index contributed by atoms with van der Waals surface area (Å²) in [5.74, 6) is 0.198. The van der Waals surface area contributed by atoms with Gasteiger partial charge in [-0.1, -0.05) is 24.6 Å². The van der Waals surface area contributed by atoms with Gasteiger partial charge in [-0.2, -0.15) is 0 Å². The van der Waals surface area contributed by atoms with E-state index < -0.39 is 12.6 Å². The number of carboxylic acids is 1. The van der Waals surface area contributed by atoms with Crippen molar-refractivity contribution in [2.24, 2.45) is 5.92 Å². The van der Waals surface area contributed by atoms with Crippen LogP contribution in [0.3, 0.4) is 0 Å². The lowest BCUT2D eigenvalue weighted by molar-refractivity contribution is -0.139. The fourth-order valence-electron chi connectivity index (χ4n) is 3.72. The number of benzene rings is 2. The average Bonchev–Trinajstić information content (AvgIpc) is 2.92. The third kappa shape index (κ3) is 5.06. The maximum Gasteiger partial charge on any atom is 0.341 e. The number of carboxylic acid groups (broad SMARTS) is 1. The van der Waals surface area contributed by atoms with E-state index in [4.69, 9.17) is 9.84 Å². The Labute approximate surface area is 187 Å². The highest BCUT2D eigenvalue weighted by molar-refractivity contribution is 5.80. The molecule has 0 bridgehead atoms. The van der Waals surface area contributed by atoms with Crippen molar-refractivity contribution in [2.45, 2.75) is 20.3 Å². The first kappa shape index (κ1) is 21.4. The number of allylic oxidation sites excluding steroid dienone is 2. The van der Waals surface area contributed by atoms with Crippen LogP contribution in [0.5, 0.6) is 5.75 Å². The quantitative estimate of drug-likeness (QED) is 0.571. The van der Waals surface area contributed by atoms with Crippen molar-refractivity contribution in [1.29, 1.82) is 0 Å². The first-order valence-electron chi connectivity index (χ1n) is 10.5. The lowest BCUT2D eigenvalue weighted by Gasteiger charge is -2.18. The van der Waals surface area contributed by atoms with Gasteiger partial charge >= 0.3 is 5.97 Å². The minimum Gasteiger partial charge on any atom is -0.482 e. The molecular weight excluding hydrogens is 404 g/mol. The topological polar surface area (TPSA) is 87.6 Å². The smallest absolute Gasteiger partial charge is 0.341 e. The number of nitrogens with one attached hydrogen (secondary N) is 1. The number of aryl methyl sites for hydroxylation is 1. The Kier molecular flexibility index (Phi) is 6.07. The van der Waals surface area contributed by atoms with Crippen LogP contribution in [-0.2, 0) is 4.79 Å². The molecule has 0 radical (unpaired) electrons. The summed E-state index contributed by atoms with van der Waals surface area (Å²) in [6.07, 6.45) is 8.97. The van der Waals surface area contributed by atoms with E-state index in [1.165, 1.54) is 0 Å². The predicted molar refractivity (Wildman–Crippen MR) is 126 cm³/mol. The van der Waals surface area contributed by atoms with E-state index >= 15 is 0 Å². The first-order chi connectivity index (χ1) is 15.4. The van der Waals surface area contributed by atoms with Crippen molar-refractivity contribution >= 4 is 34.1 Å². The Morgan fingerprint density at radius 1 is 1.28 bits per heavy atom. The van der Waals surface area contributed by atoms with Crippen LogP contribution in [0, 0.1) is 12.8 Å². The molecule has 1 atom stereocenters. The Bertz CT molecular complexity index is 1220. The zero-order valence-electron chi connectivity index (χ0n) is 18.4. The van der Waals surface area contributed by atoms with Gasteiger partial charge in [0.15, 0.2) is 6.61 Å². The molecule has 2 N–H and O–H groups in total. The highest BCUT2D eigenvalue weighted by atomic mass is 16.5. The standard InChI is InChI=1S/C25H26N4O3/c1-16-6-7-23-19(9-16)13-26-25(28-23)27-20-10-18(11-21(12-20)32-15-24(30)31)22-14-29(3)8-4-5-17(22)2/h4,6-14,17H,5,15H2,1-3H3,(H,30,31)(H,26,27,28)/t17-/m1/s1. The fraction of sp³-hybridized carbons (Fsp3) is 0.240. The number of rotatable bonds is 6. The van der Waals surface area contributed by atoms with Crippen molar-refractivity contribution in [3.8, 4) is 5.75 Å². The molecule has 0 saturated carbocycles. The summed E-state index contributed by atoms with van der Waals surface area (Å²) in [5.41, 5.74) is 4.81. The van der Waals surface area contributed by atoms with E-state index in [0.29, 0.717) is 17.6 Å². The van der Waals surface area contributed by atoms with Crippen LogP contribution >= 0.6 is 0 Å². The minimum absolute atomic E-state index is 0.291. The van der Waals surface area contributed by atoms with Gasteiger partial charge in [-0.15, -0.1) is 0 Å². The zero-order chi connectivity index (χ0) is 22.7. The third-order valence-electron chi connectivity index (χ3n) is 5.30. The lowest BCUT2D eigenvalue weighted by Crippen LogP contribution is -2.10. The Hall–Kier alpha value is -3.87. The zero-order valence-corrected chi connectivity index (χ0v) is 18.4. The molecule has 32 heavy (non-hydrogen) atoms. The van der Waals surface area contributed by atoms with E-state index in [9.17, 15) is 4.79 Å². The van der Waals surface area contributed by atoms with Crippen molar-refractivity contribution in [3.05, 3.63) is 72.2 Å². The van der Waals surface area contributed by atoms with Gasteiger partial charge in [-0.25, -0.2) is 14.8 Å². The molecule has 4 rings (SSSR count). The fourth-order valence-corrected chi connectivity index (χ4v) is 3.72. The molecule has 1 aliphatic heterocycles. The van der Waals surface area contributed by atoms with Gasteiger partial charge in [0.1, 0.15) is 5.75 Å². The summed E-state index contributed by atoms with van der Waals surface area (Å²) >= 11 is 0. The van der Waals surface area contributed by atoms with Crippen LogP contribution < -0.4 is 10.1 Å². The van der Waals surface area contributed by atoms with E-state index in [0.717, 1.165) is 39.7 Å². The molecule has 1 aromatic heterocycles. The molecule has 1 aliphatic rings. The highest BCUT2D eigenvalue weighted by Crippen LogP contribution is 2.34. The summed E-state index contributed by atoms with van der Waals surface area (Å²) < 4.78 is 5.52. The molecular formula is C25H26N4O3. The Balaban J connectivity index is 1.70. The maximum absolute atomic E-state index is 11.0. The van der Waals surface area contributed by atoms with Crippen molar-refractivity contribution < 1.29 is 14.6 Å². The second-order valence-corrected chi connectivity index (χ2v) is 8.08. The molecule has 2 heterocycles. The van der Waals surface area contributed by atoms with Crippen LogP contribution in [0.25, 0.3) is 16.5 Å².